The maximum Gasteiger partial charge on any atom is 0.530 e. The lowest BCUT2D eigenvalue weighted by Gasteiger charge is -2.29. The summed E-state index contributed by atoms with van der Waals surface area (Å²) >= 11 is 0. The molecule has 584 valence electrons. The van der Waals surface area contributed by atoms with Gasteiger partial charge in [-0.1, -0.05) is 194 Å². The number of fused-ring (bicyclic) bond motifs is 10. The van der Waals surface area contributed by atoms with E-state index in [-0.39, 0.29) is 0 Å². The molecule has 0 atom stereocenters. The highest BCUT2D eigenvalue weighted by Crippen LogP contribution is 2.59. The van der Waals surface area contributed by atoms with Crippen LogP contribution in [0.3, 0.4) is 0 Å². The highest BCUT2D eigenvalue weighted by molar-refractivity contribution is 7.44. The number of rotatable bonds is 10. The lowest BCUT2D eigenvalue weighted by atomic mass is 9.92. The number of benzene rings is 14. The second-order valence-electron chi connectivity index (χ2n) is 31.1. The van der Waals surface area contributed by atoms with Gasteiger partial charge >= 0.3 is 34.4 Å². The Morgan fingerprint density at radius 1 is 0.190 bits per heavy atom. The Kier molecular flexibility index (Phi) is 21.5. The van der Waals surface area contributed by atoms with Crippen LogP contribution in [0.4, 0.5) is 0 Å². The van der Waals surface area contributed by atoms with Crippen molar-refractivity contribution in [3.8, 4) is 91.2 Å². The summed E-state index contributed by atoms with van der Waals surface area (Å²) < 4.78 is 82.7. The van der Waals surface area contributed by atoms with Crippen LogP contribution in [0.2, 0.25) is 0 Å². The molecule has 0 aromatic heterocycles. The fraction of sp³-hybridized carbons (Fsp3) is 0.200. The number of aryl methyl sites for hydroxylation is 16. The zero-order chi connectivity index (χ0) is 80.5. The lowest BCUT2D eigenvalue weighted by molar-refractivity contribution is 0.376. The molecule has 0 spiro atoms. The standard InChI is InChI=1S/C54H48O6P2.C46H44O6P2/c1-31-17-21-35(5)51-43(31)29-44-32(2)18-22-36(6)52(44)58-61(57-51)55-47-27-25-39-13-9-11-15-41(39)49(47)50-42-16-12-10-14-40(42)26-28-48(50)56-62-59-53-37(7)23-19-33(3)45(53)30-46-34(4)20-24-38(8)54(46)60-62;1-27-17-21-31(5)43-37(27)25-38-28(2)18-22-32(6)44(38)50-53(49-43)47-41-15-11-9-13-35(41)36-14-10-12-16-42(36)48-54-51-45-33(7)23-19-29(3)39(45)26-40-30(4)20-24-34(8)46(40)52-54/h9-28H,29-30H2,1-8H3;9-24H,25-26H2,1-8H3. The molecule has 0 aliphatic carbocycles. The van der Waals surface area contributed by atoms with Crippen LogP contribution < -0.4 is 54.3 Å². The molecule has 14 aromatic carbocycles. The van der Waals surface area contributed by atoms with Crippen molar-refractivity contribution in [2.75, 3.05) is 0 Å². The minimum absolute atomic E-state index is 0.608. The Morgan fingerprint density at radius 2 is 0.379 bits per heavy atom. The molecule has 0 amide bonds. The van der Waals surface area contributed by atoms with E-state index >= 15 is 0 Å². The monoisotopic (exact) mass is 1610 g/mol. The Hall–Kier alpha value is -11.1. The largest absolute Gasteiger partial charge is 0.530 e. The molecule has 0 unspecified atom stereocenters. The minimum atomic E-state index is -2.02. The van der Waals surface area contributed by atoms with Crippen molar-refractivity contribution in [2.45, 2.75) is 136 Å². The highest BCUT2D eigenvalue weighted by Gasteiger charge is 2.37. The number of para-hydroxylation sites is 2. The van der Waals surface area contributed by atoms with E-state index in [0.29, 0.717) is 35.8 Å². The van der Waals surface area contributed by atoms with Crippen LogP contribution in [0.1, 0.15) is 134 Å². The van der Waals surface area contributed by atoms with Gasteiger partial charge in [-0.3, -0.25) is 0 Å². The van der Waals surface area contributed by atoms with Gasteiger partial charge < -0.3 is 54.3 Å². The Labute approximate surface area is 685 Å². The van der Waals surface area contributed by atoms with Gasteiger partial charge in [0.2, 0.25) is 0 Å². The summed E-state index contributed by atoms with van der Waals surface area (Å²) in [5.41, 5.74) is 30.2. The molecule has 4 aliphatic rings. The number of hydrogen-bond donors (Lipinski definition) is 0. The maximum absolute atomic E-state index is 7.18. The van der Waals surface area contributed by atoms with Crippen molar-refractivity contribution in [1.82, 2.24) is 0 Å². The summed E-state index contributed by atoms with van der Waals surface area (Å²) in [6.45, 7) is 33.8. The zero-order valence-electron chi connectivity index (χ0n) is 68.3. The molecule has 0 fully saturated rings. The average molecular weight is 1610 g/mol. The van der Waals surface area contributed by atoms with Gasteiger partial charge in [0.15, 0.2) is 0 Å². The molecule has 4 heterocycles. The Morgan fingerprint density at radius 3 is 0.612 bits per heavy atom. The van der Waals surface area contributed by atoms with E-state index < -0.39 is 34.4 Å². The summed E-state index contributed by atoms with van der Waals surface area (Å²) in [7, 11) is -7.87. The van der Waals surface area contributed by atoms with E-state index in [1.807, 2.05) is 60.7 Å². The first kappa shape index (κ1) is 77.5. The summed E-state index contributed by atoms with van der Waals surface area (Å²) in [5, 5.41) is 4.10. The number of hydrogen-bond acceptors (Lipinski definition) is 12. The van der Waals surface area contributed by atoms with Crippen LogP contribution in [0, 0.1) is 111 Å². The third-order valence-corrected chi connectivity index (χ3v) is 27.1. The topological polar surface area (TPSA) is 111 Å². The molecule has 0 saturated carbocycles. The van der Waals surface area contributed by atoms with Gasteiger partial charge in [0.1, 0.15) is 69.0 Å². The van der Waals surface area contributed by atoms with Crippen molar-refractivity contribution in [2.24, 2.45) is 0 Å². The highest BCUT2D eigenvalue weighted by atomic mass is 31.2. The first-order valence-corrected chi connectivity index (χ1v) is 43.8. The summed E-state index contributed by atoms with van der Waals surface area (Å²) in [6, 6.07) is 75.1. The molecule has 14 aromatic rings. The SMILES string of the molecule is Cc1ccc(C)c2c1Cc1c(C)ccc(C)c1OP(Oc1ccc3ccccc3c1-c1c(OP3Oc4c(C)ccc(C)c4Cc4c(C)ccc(C)c4O3)ccc3ccccc13)O2.Cc1ccc(C)c2c1Cc1c(C)ccc(C)c1OP(Oc1ccccc1-c1ccccc1OP1Oc3c(C)ccc(C)c3Cc3c(C)ccc(C)c3O1)O2. The normalized spacial score (nSPS) is 13.8. The van der Waals surface area contributed by atoms with Gasteiger partial charge in [-0.25, -0.2) is 0 Å². The summed E-state index contributed by atoms with van der Waals surface area (Å²) in [5.74, 6) is 8.90. The van der Waals surface area contributed by atoms with Crippen molar-refractivity contribution in [1.29, 1.82) is 0 Å². The lowest BCUT2D eigenvalue weighted by Crippen LogP contribution is -2.13. The Balaban J connectivity index is 0.000000169. The molecule has 0 bridgehead atoms. The molecule has 0 radical (unpaired) electrons. The third-order valence-electron chi connectivity index (χ3n) is 23.1. The Bertz CT molecular complexity index is 5660. The first-order chi connectivity index (χ1) is 56.1. The van der Waals surface area contributed by atoms with E-state index in [2.05, 4.69) is 269 Å². The van der Waals surface area contributed by atoms with Crippen molar-refractivity contribution < 1.29 is 54.3 Å². The van der Waals surface area contributed by atoms with E-state index in [1.165, 1.54) is 44.5 Å². The van der Waals surface area contributed by atoms with Crippen LogP contribution >= 0.6 is 34.4 Å². The van der Waals surface area contributed by atoms with Gasteiger partial charge in [0.25, 0.3) is 0 Å². The molecule has 16 heteroatoms. The van der Waals surface area contributed by atoms with Gasteiger partial charge in [0, 0.05) is 92.4 Å². The molecular weight excluding hydrogens is 1520 g/mol. The smallest absolute Gasteiger partial charge is 0.408 e. The van der Waals surface area contributed by atoms with Crippen LogP contribution in [0.15, 0.2) is 218 Å². The third kappa shape index (κ3) is 15.0. The van der Waals surface area contributed by atoms with E-state index in [4.69, 9.17) is 54.3 Å². The second-order valence-corrected chi connectivity index (χ2v) is 35.0. The van der Waals surface area contributed by atoms with Crippen molar-refractivity contribution >= 4 is 56.0 Å². The average Bonchev–Trinajstić information content (AvgIpc) is 0.748. The summed E-state index contributed by atoms with van der Waals surface area (Å²) in [6.07, 6.45) is 2.84. The van der Waals surface area contributed by atoms with E-state index in [0.717, 1.165) is 192 Å². The molecule has 12 nitrogen and oxygen atoms in total. The maximum atomic E-state index is 7.18. The van der Waals surface area contributed by atoms with Crippen molar-refractivity contribution in [3.63, 3.8) is 0 Å². The van der Waals surface area contributed by atoms with Gasteiger partial charge in [0.05, 0.1) is 0 Å². The van der Waals surface area contributed by atoms with Gasteiger partial charge in [-0.15, -0.1) is 0 Å². The van der Waals surface area contributed by atoms with Crippen LogP contribution in [-0.2, 0) is 25.7 Å². The zero-order valence-corrected chi connectivity index (χ0v) is 71.9. The quantitative estimate of drug-likeness (QED) is 0.122. The molecule has 4 aliphatic heterocycles. The van der Waals surface area contributed by atoms with E-state index in [1.54, 1.807) is 0 Å². The molecule has 0 saturated heterocycles. The molecule has 18 rings (SSSR count). The van der Waals surface area contributed by atoms with Crippen LogP contribution in [0.25, 0.3) is 43.8 Å². The fourth-order valence-corrected chi connectivity index (χ4v) is 21.0. The van der Waals surface area contributed by atoms with Crippen LogP contribution in [0.5, 0.6) is 69.0 Å². The molecule has 0 N–H and O–H groups in total. The fourth-order valence-electron chi connectivity index (χ4n) is 16.1. The predicted molar refractivity (Wildman–Crippen MR) is 473 cm³/mol. The molecular formula is C100H92O12P4. The second kappa shape index (κ2) is 32.2. The van der Waals surface area contributed by atoms with Crippen molar-refractivity contribution in [3.05, 3.63) is 352 Å². The van der Waals surface area contributed by atoms with E-state index in [9.17, 15) is 0 Å². The van der Waals surface area contributed by atoms with Gasteiger partial charge in [-0.05, 0) is 246 Å². The summed E-state index contributed by atoms with van der Waals surface area (Å²) in [4.78, 5) is 0. The van der Waals surface area contributed by atoms with Crippen LogP contribution in [-0.4, -0.2) is 0 Å². The minimum Gasteiger partial charge on any atom is -0.408 e. The van der Waals surface area contributed by atoms with Gasteiger partial charge in [-0.2, -0.15) is 0 Å². The molecule has 116 heavy (non-hydrogen) atoms. The predicted octanol–water partition coefficient (Wildman–Crippen LogP) is 28.6. The first-order valence-electron chi connectivity index (χ1n) is 39.4.